The second-order valence-corrected chi connectivity index (χ2v) is 6.19. The molecule has 3 nitrogen and oxygen atoms in total. The summed E-state index contributed by atoms with van der Waals surface area (Å²) in [5.74, 6) is 1.82. The van der Waals surface area contributed by atoms with Gasteiger partial charge in [0.25, 0.3) is 0 Å². The van der Waals surface area contributed by atoms with E-state index in [0.29, 0.717) is 12.1 Å². The lowest BCUT2D eigenvalue weighted by Crippen LogP contribution is -2.29. The molecular weight excluding hydrogens is 210 g/mol. The SMILES string of the molecule is Cc1cnn(C2CC3CN(C(C)C)CC3C2)c1. The summed E-state index contributed by atoms with van der Waals surface area (Å²) in [6.07, 6.45) is 6.84. The van der Waals surface area contributed by atoms with Crippen molar-refractivity contribution in [3.8, 4) is 0 Å². The van der Waals surface area contributed by atoms with Gasteiger partial charge in [-0.15, -0.1) is 0 Å². The zero-order valence-electron chi connectivity index (χ0n) is 11.1. The van der Waals surface area contributed by atoms with Crippen molar-refractivity contribution < 1.29 is 0 Å². The average Bonchev–Trinajstić information content (AvgIpc) is 2.88. The number of aromatic nitrogens is 2. The summed E-state index contributed by atoms with van der Waals surface area (Å²) in [4.78, 5) is 2.64. The van der Waals surface area contributed by atoms with Gasteiger partial charge in [0.05, 0.1) is 12.2 Å². The van der Waals surface area contributed by atoms with Crippen molar-refractivity contribution in [2.45, 2.75) is 45.7 Å². The lowest BCUT2D eigenvalue weighted by molar-refractivity contribution is 0.244. The Morgan fingerprint density at radius 3 is 2.35 bits per heavy atom. The highest BCUT2D eigenvalue weighted by atomic mass is 15.3. The molecule has 3 rings (SSSR count). The van der Waals surface area contributed by atoms with E-state index in [-0.39, 0.29) is 0 Å². The van der Waals surface area contributed by atoms with Crippen molar-refractivity contribution in [2.75, 3.05) is 13.1 Å². The molecule has 0 spiro atoms. The van der Waals surface area contributed by atoms with Crippen LogP contribution in [0.15, 0.2) is 12.4 Å². The quantitative estimate of drug-likeness (QED) is 0.782. The summed E-state index contributed by atoms with van der Waals surface area (Å²) in [6.45, 7) is 9.36. The van der Waals surface area contributed by atoms with Crippen molar-refractivity contribution >= 4 is 0 Å². The highest BCUT2D eigenvalue weighted by Crippen LogP contribution is 2.44. The number of fused-ring (bicyclic) bond motifs is 1. The second kappa shape index (κ2) is 4.13. The predicted octanol–water partition coefficient (Wildman–Crippen LogP) is 2.48. The number of aryl methyl sites for hydroxylation is 1. The molecule has 0 amide bonds. The van der Waals surface area contributed by atoms with E-state index in [9.17, 15) is 0 Å². The largest absolute Gasteiger partial charge is 0.300 e. The van der Waals surface area contributed by atoms with Crippen LogP contribution in [0.25, 0.3) is 0 Å². The summed E-state index contributed by atoms with van der Waals surface area (Å²) in [6, 6.07) is 1.37. The average molecular weight is 233 g/mol. The van der Waals surface area contributed by atoms with Gasteiger partial charge in [0.15, 0.2) is 0 Å². The van der Waals surface area contributed by atoms with E-state index >= 15 is 0 Å². The van der Waals surface area contributed by atoms with Crippen LogP contribution in [-0.4, -0.2) is 33.8 Å². The van der Waals surface area contributed by atoms with Crippen LogP contribution in [0.2, 0.25) is 0 Å². The fraction of sp³-hybridized carbons (Fsp3) is 0.786. The number of hydrogen-bond donors (Lipinski definition) is 0. The molecule has 0 radical (unpaired) electrons. The van der Waals surface area contributed by atoms with Crippen molar-refractivity contribution in [1.29, 1.82) is 0 Å². The maximum atomic E-state index is 4.48. The first-order chi connectivity index (χ1) is 8.13. The molecule has 3 heteroatoms. The van der Waals surface area contributed by atoms with Crippen LogP contribution in [0.3, 0.4) is 0 Å². The molecule has 1 aliphatic carbocycles. The molecule has 1 aromatic rings. The summed E-state index contributed by atoms with van der Waals surface area (Å²) < 4.78 is 2.20. The van der Waals surface area contributed by atoms with Gasteiger partial charge in [-0.2, -0.15) is 5.10 Å². The monoisotopic (exact) mass is 233 g/mol. The van der Waals surface area contributed by atoms with Crippen LogP contribution in [-0.2, 0) is 0 Å². The Labute approximate surface area is 104 Å². The number of likely N-dealkylation sites (tertiary alicyclic amines) is 1. The van der Waals surface area contributed by atoms with Crippen LogP contribution in [0.5, 0.6) is 0 Å². The van der Waals surface area contributed by atoms with Gasteiger partial charge in [-0.3, -0.25) is 4.68 Å². The van der Waals surface area contributed by atoms with E-state index in [2.05, 4.69) is 41.6 Å². The van der Waals surface area contributed by atoms with Crippen LogP contribution >= 0.6 is 0 Å². The molecule has 1 saturated heterocycles. The highest BCUT2D eigenvalue weighted by molar-refractivity contribution is 5.03. The zero-order valence-corrected chi connectivity index (χ0v) is 11.1. The maximum absolute atomic E-state index is 4.48. The van der Waals surface area contributed by atoms with Crippen LogP contribution in [0.4, 0.5) is 0 Å². The minimum atomic E-state index is 0.660. The second-order valence-electron chi connectivity index (χ2n) is 6.19. The summed E-state index contributed by atoms with van der Waals surface area (Å²) in [7, 11) is 0. The van der Waals surface area contributed by atoms with E-state index in [1.807, 2.05) is 6.20 Å². The Hall–Kier alpha value is -0.830. The first-order valence-corrected chi connectivity index (χ1v) is 6.88. The molecule has 2 atom stereocenters. The molecule has 94 valence electrons. The lowest BCUT2D eigenvalue weighted by atomic mass is 10.0. The third kappa shape index (κ3) is 2.01. The molecule has 0 bridgehead atoms. The third-order valence-electron chi connectivity index (χ3n) is 4.59. The Bertz CT molecular complexity index is 382. The van der Waals surface area contributed by atoms with Crippen molar-refractivity contribution in [2.24, 2.45) is 11.8 Å². The molecule has 2 unspecified atom stereocenters. The Morgan fingerprint density at radius 1 is 1.24 bits per heavy atom. The molecule has 1 saturated carbocycles. The summed E-state index contributed by atoms with van der Waals surface area (Å²) in [5, 5.41) is 4.48. The number of rotatable bonds is 2. The summed E-state index contributed by atoms with van der Waals surface area (Å²) in [5.41, 5.74) is 1.28. The van der Waals surface area contributed by atoms with E-state index in [4.69, 9.17) is 0 Å². The Morgan fingerprint density at radius 2 is 1.88 bits per heavy atom. The maximum Gasteiger partial charge on any atom is 0.0525 e. The first-order valence-electron chi connectivity index (χ1n) is 6.88. The molecule has 1 aliphatic heterocycles. The van der Waals surface area contributed by atoms with Gasteiger partial charge >= 0.3 is 0 Å². The van der Waals surface area contributed by atoms with Gasteiger partial charge in [0, 0.05) is 25.3 Å². The fourth-order valence-corrected chi connectivity index (χ4v) is 3.57. The van der Waals surface area contributed by atoms with Gasteiger partial charge in [-0.1, -0.05) is 0 Å². The van der Waals surface area contributed by atoms with E-state index in [1.54, 1.807) is 0 Å². The van der Waals surface area contributed by atoms with Crippen molar-refractivity contribution in [3.05, 3.63) is 18.0 Å². The molecule has 0 N–H and O–H groups in total. The topological polar surface area (TPSA) is 21.1 Å². The minimum Gasteiger partial charge on any atom is -0.300 e. The molecule has 2 aliphatic rings. The predicted molar refractivity (Wildman–Crippen MR) is 68.9 cm³/mol. The van der Waals surface area contributed by atoms with Gasteiger partial charge in [0.1, 0.15) is 0 Å². The van der Waals surface area contributed by atoms with Gasteiger partial charge < -0.3 is 4.90 Å². The number of nitrogens with zero attached hydrogens (tertiary/aromatic N) is 3. The van der Waals surface area contributed by atoms with E-state index in [0.717, 1.165) is 11.8 Å². The normalized spacial score (nSPS) is 33.5. The highest BCUT2D eigenvalue weighted by Gasteiger charge is 2.42. The number of hydrogen-bond acceptors (Lipinski definition) is 2. The minimum absolute atomic E-state index is 0.660. The molecular formula is C14H23N3. The Balaban J connectivity index is 1.66. The van der Waals surface area contributed by atoms with Crippen LogP contribution in [0, 0.1) is 18.8 Å². The molecule has 2 fully saturated rings. The van der Waals surface area contributed by atoms with Crippen LogP contribution in [0.1, 0.15) is 38.3 Å². The molecule has 0 aromatic carbocycles. The van der Waals surface area contributed by atoms with Gasteiger partial charge in [0.2, 0.25) is 0 Å². The van der Waals surface area contributed by atoms with Gasteiger partial charge in [-0.05, 0) is 51.0 Å². The zero-order chi connectivity index (χ0) is 12.0. The van der Waals surface area contributed by atoms with Crippen LogP contribution < -0.4 is 0 Å². The van der Waals surface area contributed by atoms with E-state index < -0.39 is 0 Å². The van der Waals surface area contributed by atoms with Gasteiger partial charge in [-0.25, -0.2) is 0 Å². The smallest absolute Gasteiger partial charge is 0.0525 e. The fourth-order valence-electron chi connectivity index (χ4n) is 3.57. The lowest BCUT2D eigenvalue weighted by Gasteiger charge is -2.22. The first kappa shape index (κ1) is 11.3. The molecule has 2 heterocycles. The standard InChI is InChI=1S/C14H23N3/c1-10(2)16-8-12-4-14(5-13(12)9-16)17-7-11(3)6-15-17/h6-7,10,12-14H,4-5,8-9H2,1-3H3. The molecule has 17 heavy (non-hydrogen) atoms. The van der Waals surface area contributed by atoms with Crippen molar-refractivity contribution in [3.63, 3.8) is 0 Å². The van der Waals surface area contributed by atoms with Crippen molar-refractivity contribution in [1.82, 2.24) is 14.7 Å². The molecule has 1 aromatic heterocycles. The Kier molecular flexibility index (Phi) is 2.74. The summed E-state index contributed by atoms with van der Waals surface area (Å²) >= 11 is 0. The van der Waals surface area contributed by atoms with E-state index in [1.165, 1.54) is 31.5 Å². The third-order valence-corrected chi connectivity index (χ3v) is 4.59.